The minimum absolute atomic E-state index is 0.119. The molecular weight excluding hydrogens is 228 g/mol. The fourth-order valence-electron chi connectivity index (χ4n) is 4.34. The zero-order valence-corrected chi connectivity index (χ0v) is 11.9. The summed E-state index contributed by atoms with van der Waals surface area (Å²) in [6.07, 6.45) is 5.74. The van der Waals surface area contributed by atoms with Gasteiger partial charge in [-0.15, -0.1) is 0 Å². The maximum atomic E-state index is 10.7. The molecule has 18 heavy (non-hydrogen) atoms. The topological polar surface area (TPSA) is 60.7 Å². The molecule has 0 heterocycles. The molecule has 0 aromatic carbocycles. The Morgan fingerprint density at radius 3 is 2.44 bits per heavy atom. The highest BCUT2D eigenvalue weighted by atomic mass is 16.3. The van der Waals surface area contributed by atoms with Gasteiger partial charge in [-0.3, -0.25) is 0 Å². The molecule has 0 bridgehead atoms. The molecule has 2 aliphatic rings. The number of rotatable bonds is 2. The molecule has 2 aliphatic carbocycles. The molecular formula is C15H28O3. The summed E-state index contributed by atoms with van der Waals surface area (Å²) in [6, 6.07) is 0. The van der Waals surface area contributed by atoms with Crippen LogP contribution in [0.25, 0.3) is 0 Å². The Morgan fingerprint density at radius 1 is 1.22 bits per heavy atom. The van der Waals surface area contributed by atoms with E-state index in [9.17, 15) is 15.3 Å². The van der Waals surface area contributed by atoms with Gasteiger partial charge < -0.3 is 15.3 Å². The highest BCUT2D eigenvalue weighted by Gasteiger charge is 2.54. The first-order valence-corrected chi connectivity index (χ1v) is 7.27. The number of hydrogen-bond donors (Lipinski definition) is 3. The van der Waals surface area contributed by atoms with Gasteiger partial charge in [0.2, 0.25) is 0 Å². The van der Waals surface area contributed by atoms with Crippen molar-refractivity contribution in [3.05, 3.63) is 0 Å². The van der Waals surface area contributed by atoms with E-state index in [2.05, 4.69) is 6.92 Å². The second kappa shape index (κ2) is 4.46. The molecule has 3 nitrogen and oxygen atoms in total. The van der Waals surface area contributed by atoms with Crippen molar-refractivity contribution in [1.82, 2.24) is 0 Å². The summed E-state index contributed by atoms with van der Waals surface area (Å²) in [5.41, 5.74) is -1.48. The highest BCUT2D eigenvalue weighted by Crippen LogP contribution is 2.56. The molecule has 0 radical (unpaired) electrons. The van der Waals surface area contributed by atoms with E-state index in [1.165, 1.54) is 0 Å². The predicted molar refractivity (Wildman–Crippen MR) is 71.1 cm³/mol. The predicted octanol–water partition coefficient (Wildman–Crippen LogP) is 2.09. The van der Waals surface area contributed by atoms with Crippen LogP contribution >= 0.6 is 0 Å². The summed E-state index contributed by atoms with van der Waals surface area (Å²) in [5.74, 6) is 0.348. The SMILES string of the molecule is CC(C)(O)C1CCC2(C)CCCC(O)(CO)C2C1. The molecule has 2 fully saturated rings. The Kier molecular flexibility index (Phi) is 3.54. The fraction of sp³-hybridized carbons (Fsp3) is 1.00. The van der Waals surface area contributed by atoms with Crippen LogP contribution in [0.4, 0.5) is 0 Å². The first-order valence-electron chi connectivity index (χ1n) is 7.27. The van der Waals surface area contributed by atoms with E-state index >= 15 is 0 Å². The standard InChI is InChI=1S/C15H28O3/c1-13(2,17)11-5-8-14(3)6-4-7-15(18,10-16)12(14)9-11/h11-12,16-18H,4-10H2,1-3H3. The molecule has 4 atom stereocenters. The van der Waals surface area contributed by atoms with Crippen molar-refractivity contribution in [3.8, 4) is 0 Å². The summed E-state index contributed by atoms with van der Waals surface area (Å²) in [7, 11) is 0. The normalized spacial score (nSPS) is 45.7. The summed E-state index contributed by atoms with van der Waals surface area (Å²) >= 11 is 0. The van der Waals surface area contributed by atoms with Crippen molar-refractivity contribution in [2.45, 2.75) is 70.5 Å². The third-order valence-electron chi connectivity index (χ3n) is 5.70. The second-order valence-corrected chi connectivity index (χ2v) is 7.45. The van der Waals surface area contributed by atoms with Crippen molar-refractivity contribution in [1.29, 1.82) is 0 Å². The van der Waals surface area contributed by atoms with E-state index < -0.39 is 11.2 Å². The van der Waals surface area contributed by atoms with Crippen LogP contribution in [0.1, 0.15) is 59.3 Å². The van der Waals surface area contributed by atoms with Crippen molar-refractivity contribution in [2.24, 2.45) is 17.3 Å². The van der Waals surface area contributed by atoms with Crippen LogP contribution in [0, 0.1) is 17.3 Å². The van der Waals surface area contributed by atoms with Gasteiger partial charge in [-0.05, 0) is 69.6 Å². The van der Waals surface area contributed by atoms with Crippen LogP contribution in [0.5, 0.6) is 0 Å². The van der Waals surface area contributed by atoms with Crippen molar-refractivity contribution < 1.29 is 15.3 Å². The Morgan fingerprint density at radius 2 is 1.89 bits per heavy atom. The van der Waals surface area contributed by atoms with E-state index in [0.29, 0.717) is 6.42 Å². The van der Waals surface area contributed by atoms with Gasteiger partial charge in [-0.2, -0.15) is 0 Å². The lowest BCUT2D eigenvalue weighted by atomic mass is 9.52. The van der Waals surface area contributed by atoms with Gasteiger partial charge in [0.1, 0.15) is 0 Å². The van der Waals surface area contributed by atoms with Gasteiger partial charge in [0.25, 0.3) is 0 Å². The Labute approximate surface area is 110 Å². The van der Waals surface area contributed by atoms with Crippen LogP contribution in [0.2, 0.25) is 0 Å². The van der Waals surface area contributed by atoms with Crippen molar-refractivity contribution >= 4 is 0 Å². The van der Waals surface area contributed by atoms with Crippen molar-refractivity contribution in [2.75, 3.05) is 6.61 Å². The zero-order valence-electron chi connectivity index (χ0n) is 11.9. The van der Waals surface area contributed by atoms with Gasteiger partial charge in [-0.25, -0.2) is 0 Å². The minimum atomic E-state index is -0.934. The van der Waals surface area contributed by atoms with E-state index in [-0.39, 0.29) is 23.9 Å². The molecule has 0 aromatic rings. The van der Waals surface area contributed by atoms with Gasteiger partial charge in [0, 0.05) is 0 Å². The third kappa shape index (κ3) is 2.33. The quantitative estimate of drug-likeness (QED) is 0.709. The lowest BCUT2D eigenvalue weighted by Crippen LogP contribution is -2.56. The van der Waals surface area contributed by atoms with Crippen LogP contribution < -0.4 is 0 Å². The van der Waals surface area contributed by atoms with Crippen molar-refractivity contribution in [3.63, 3.8) is 0 Å². The maximum Gasteiger partial charge on any atom is 0.0910 e. The number of aliphatic hydroxyl groups excluding tert-OH is 1. The fourth-order valence-corrected chi connectivity index (χ4v) is 4.34. The molecule has 3 heteroatoms. The molecule has 2 rings (SSSR count). The van der Waals surface area contributed by atoms with Crippen LogP contribution in [-0.4, -0.2) is 33.1 Å². The number of hydrogen-bond acceptors (Lipinski definition) is 3. The maximum absolute atomic E-state index is 10.7. The zero-order chi connectivity index (χ0) is 13.6. The van der Waals surface area contributed by atoms with E-state index in [0.717, 1.165) is 32.1 Å². The lowest BCUT2D eigenvalue weighted by Gasteiger charge is -2.56. The third-order valence-corrected chi connectivity index (χ3v) is 5.70. The first kappa shape index (κ1) is 14.3. The van der Waals surface area contributed by atoms with Crippen LogP contribution in [-0.2, 0) is 0 Å². The lowest BCUT2D eigenvalue weighted by molar-refractivity contribution is -0.168. The second-order valence-electron chi connectivity index (χ2n) is 7.45. The van der Waals surface area contributed by atoms with Gasteiger partial charge in [0.05, 0.1) is 17.8 Å². The summed E-state index contributed by atoms with van der Waals surface area (Å²) in [5, 5.41) is 30.5. The number of aliphatic hydroxyl groups is 3. The summed E-state index contributed by atoms with van der Waals surface area (Å²) < 4.78 is 0. The summed E-state index contributed by atoms with van der Waals surface area (Å²) in [4.78, 5) is 0. The van der Waals surface area contributed by atoms with Crippen LogP contribution in [0.15, 0.2) is 0 Å². The Balaban J connectivity index is 2.23. The average Bonchev–Trinajstić information content (AvgIpc) is 2.27. The molecule has 3 N–H and O–H groups in total. The largest absolute Gasteiger partial charge is 0.393 e. The van der Waals surface area contributed by atoms with Gasteiger partial charge in [-0.1, -0.05) is 6.92 Å². The van der Waals surface area contributed by atoms with Gasteiger partial charge >= 0.3 is 0 Å². The van der Waals surface area contributed by atoms with E-state index in [4.69, 9.17) is 0 Å². The first-order chi connectivity index (χ1) is 8.21. The van der Waals surface area contributed by atoms with Crippen LogP contribution in [0.3, 0.4) is 0 Å². The van der Waals surface area contributed by atoms with E-state index in [1.54, 1.807) is 0 Å². The molecule has 0 amide bonds. The highest BCUT2D eigenvalue weighted by molar-refractivity contribution is 5.04. The average molecular weight is 256 g/mol. The van der Waals surface area contributed by atoms with Gasteiger partial charge in [0.15, 0.2) is 0 Å². The van der Waals surface area contributed by atoms with E-state index in [1.807, 2.05) is 13.8 Å². The molecule has 0 aliphatic heterocycles. The molecule has 0 aromatic heterocycles. The number of fused-ring (bicyclic) bond motifs is 1. The Bertz CT molecular complexity index is 299. The molecule has 2 saturated carbocycles. The molecule has 0 spiro atoms. The monoisotopic (exact) mass is 256 g/mol. The Hall–Kier alpha value is -0.120. The molecule has 106 valence electrons. The molecule has 0 saturated heterocycles. The minimum Gasteiger partial charge on any atom is -0.393 e. The smallest absolute Gasteiger partial charge is 0.0910 e. The summed E-state index contributed by atoms with van der Waals surface area (Å²) in [6.45, 7) is 5.83. The molecule has 4 unspecified atom stereocenters.